The summed E-state index contributed by atoms with van der Waals surface area (Å²) < 4.78 is 5.64. The Hall–Kier alpha value is -0.0800. The fourth-order valence-electron chi connectivity index (χ4n) is 3.01. The molecule has 1 saturated heterocycles. The van der Waals surface area contributed by atoms with E-state index in [1.807, 2.05) is 7.05 Å². The van der Waals surface area contributed by atoms with Gasteiger partial charge in [0, 0.05) is 33.4 Å². The summed E-state index contributed by atoms with van der Waals surface area (Å²) >= 11 is 0. The van der Waals surface area contributed by atoms with Crippen LogP contribution in [0.5, 0.6) is 0 Å². The number of hydrogen-bond donors (Lipinski definition) is 2. The van der Waals surface area contributed by atoms with E-state index in [2.05, 4.69) is 20.5 Å². The molecule has 2 rings (SSSR count). The van der Waals surface area contributed by atoms with Crippen molar-refractivity contribution in [2.24, 2.45) is 10.9 Å². The van der Waals surface area contributed by atoms with Gasteiger partial charge in [-0.3, -0.25) is 4.99 Å². The van der Waals surface area contributed by atoms with Gasteiger partial charge in [0.25, 0.3) is 0 Å². The van der Waals surface area contributed by atoms with Crippen LogP contribution in [-0.2, 0) is 4.74 Å². The molecule has 0 unspecified atom stereocenters. The lowest BCUT2D eigenvalue weighted by molar-refractivity contribution is 0.123. The van der Waals surface area contributed by atoms with Gasteiger partial charge in [-0.15, -0.1) is 24.0 Å². The Morgan fingerprint density at radius 3 is 2.33 bits per heavy atom. The molecule has 0 bridgehead atoms. The van der Waals surface area contributed by atoms with Crippen molar-refractivity contribution in [2.75, 3.05) is 53.0 Å². The van der Waals surface area contributed by atoms with E-state index in [4.69, 9.17) is 4.74 Å². The van der Waals surface area contributed by atoms with Crippen LogP contribution in [0, 0.1) is 5.92 Å². The van der Waals surface area contributed by atoms with Crippen molar-refractivity contribution in [1.82, 2.24) is 15.5 Å². The van der Waals surface area contributed by atoms with Gasteiger partial charge in [0.05, 0.1) is 0 Å². The molecule has 0 atom stereocenters. The van der Waals surface area contributed by atoms with Gasteiger partial charge in [-0.25, -0.2) is 0 Å². The summed E-state index contributed by atoms with van der Waals surface area (Å²) in [7, 11) is 1.84. The summed E-state index contributed by atoms with van der Waals surface area (Å²) in [5, 5.41) is 6.78. The molecular formula is C18H37IN4O. The van der Waals surface area contributed by atoms with Crippen LogP contribution in [0.25, 0.3) is 0 Å². The lowest BCUT2D eigenvalue weighted by Crippen LogP contribution is -2.39. The number of aliphatic imine (C=N–C) groups is 1. The van der Waals surface area contributed by atoms with Gasteiger partial charge in [0.15, 0.2) is 5.96 Å². The van der Waals surface area contributed by atoms with Crippen LogP contribution in [0.4, 0.5) is 0 Å². The first-order valence-electron chi connectivity index (χ1n) is 9.63. The number of likely N-dealkylation sites (tertiary alicyclic amines) is 1. The zero-order chi connectivity index (χ0) is 16.2. The molecule has 0 aromatic carbocycles. The summed E-state index contributed by atoms with van der Waals surface area (Å²) in [4.78, 5) is 6.90. The summed E-state index contributed by atoms with van der Waals surface area (Å²) in [6.45, 7) is 7.52. The fourth-order valence-corrected chi connectivity index (χ4v) is 3.01. The maximum Gasteiger partial charge on any atom is 0.190 e. The van der Waals surface area contributed by atoms with E-state index in [9.17, 15) is 0 Å². The lowest BCUT2D eigenvalue weighted by Gasteiger charge is -2.20. The third kappa shape index (κ3) is 10.7. The number of nitrogens with zero attached hydrogens (tertiary/aromatic N) is 2. The third-order valence-electron chi connectivity index (χ3n) is 4.67. The predicted octanol–water partition coefficient (Wildman–Crippen LogP) is 2.85. The molecule has 5 nitrogen and oxygen atoms in total. The van der Waals surface area contributed by atoms with Gasteiger partial charge in [0.1, 0.15) is 0 Å². The van der Waals surface area contributed by atoms with E-state index in [0.717, 1.165) is 44.6 Å². The number of halogens is 1. The van der Waals surface area contributed by atoms with Crippen LogP contribution in [0.2, 0.25) is 0 Å². The molecule has 0 spiro atoms. The highest BCUT2D eigenvalue weighted by Gasteiger charge is 2.20. The van der Waals surface area contributed by atoms with Gasteiger partial charge < -0.3 is 20.3 Å². The van der Waals surface area contributed by atoms with Gasteiger partial charge in [-0.1, -0.05) is 12.8 Å². The largest absolute Gasteiger partial charge is 0.381 e. The highest BCUT2D eigenvalue weighted by molar-refractivity contribution is 14.0. The Balaban J connectivity index is 0.00000288. The zero-order valence-electron chi connectivity index (χ0n) is 15.4. The van der Waals surface area contributed by atoms with E-state index < -0.39 is 0 Å². The fraction of sp³-hybridized carbons (Fsp3) is 0.944. The molecule has 24 heavy (non-hydrogen) atoms. The first-order valence-corrected chi connectivity index (χ1v) is 9.63. The molecule has 0 aromatic rings. The van der Waals surface area contributed by atoms with E-state index in [1.54, 1.807) is 0 Å². The van der Waals surface area contributed by atoms with Crippen LogP contribution in [0.3, 0.4) is 0 Å². The van der Waals surface area contributed by atoms with E-state index >= 15 is 0 Å². The van der Waals surface area contributed by atoms with Crippen LogP contribution in [0.1, 0.15) is 51.4 Å². The highest BCUT2D eigenvalue weighted by Crippen LogP contribution is 2.28. The van der Waals surface area contributed by atoms with Gasteiger partial charge in [-0.05, 0) is 64.1 Å². The van der Waals surface area contributed by atoms with Crippen LogP contribution >= 0.6 is 24.0 Å². The van der Waals surface area contributed by atoms with E-state index in [0.29, 0.717) is 0 Å². The predicted molar refractivity (Wildman–Crippen MR) is 112 cm³/mol. The van der Waals surface area contributed by atoms with Crippen molar-refractivity contribution in [2.45, 2.75) is 51.4 Å². The normalized spacial score (nSPS) is 19.5. The molecule has 2 fully saturated rings. The number of hydrogen-bond acceptors (Lipinski definition) is 3. The van der Waals surface area contributed by atoms with Crippen LogP contribution in [0.15, 0.2) is 4.99 Å². The molecule has 6 heteroatoms. The molecule has 1 aliphatic heterocycles. The number of guanidine groups is 1. The number of ether oxygens (including phenoxy) is 1. The topological polar surface area (TPSA) is 48.9 Å². The van der Waals surface area contributed by atoms with Crippen molar-refractivity contribution in [3.8, 4) is 0 Å². The molecule has 1 saturated carbocycles. The molecule has 142 valence electrons. The SMILES string of the molecule is CN=C(NCCCOCC1CC1)NCCCN1CCCCCC1.I. The zero-order valence-corrected chi connectivity index (χ0v) is 17.7. The summed E-state index contributed by atoms with van der Waals surface area (Å²) in [5.74, 6) is 1.78. The minimum atomic E-state index is 0. The maximum absolute atomic E-state index is 5.64. The third-order valence-corrected chi connectivity index (χ3v) is 4.67. The van der Waals surface area contributed by atoms with Crippen LogP contribution in [-0.4, -0.2) is 63.8 Å². The summed E-state index contributed by atoms with van der Waals surface area (Å²) in [6, 6.07) is 0. The smallest absolute Gasteiger partial charge is 0.190 e. The molecular weight excluding hydrogens is 415 g/mol. The lowest BCUT2D eigenvalue weighted by atomic mass is 10.2. The Labute approximate surface area is 165 Å². The maximum atomic E-state index is 5.64. The minimum Gasteiger partial charge on any atom is -0.381 e. The average molecular weight is 452 g/mol. The molecule has 0 radical (unpaired) electrons. The Bertz CT molecular complexity index is 329. The van der Waals surface area contributed by atoms with E-state index in [1.165, 1.54) is 64.6 Å². The first-order chi connectivity index (χ1) is 11.4. The molecule has 1 heterocycles. The molecule has 0 aromatic heterocycles. The number of rotatable bonds is 10. The van der Waals surface area contributed by atoms with Crippen molar-refractivity contribution in [1.29, 1.82) is 0 Å². The van der Waals surface area contributed by atoms with E-state index in [-0.39, 0.29) is 24.0 Å². The standard InChI is InChI=1S/C18H36N4O.HI/c1-19-18(21-11-7-15-23-16-17-8-9-17)20-10-6-14-22-12-4-2-3-5-13-22;/h17H,2-16H2,1H3,(H2,19,20,21);1H. The quantitative estimate of drug-likeness (QED) is 0.232. The summed E-state index contributed by atoms with van der Waals surface area (Å²) in [6.07, 6.45) is 10.5. The minimum absolute atomic E-state index is 0. The molecule has 1 aliphatic carbocycles. The second-order valence-electron chi connectivity index (χ2n) is 6.91. The average Bonchev–Trinajstić information content (AvgIpc) is 3.40. The second-order valence-corrected chi connectivity index (χ2v) is 6.91. The molecule has 2 N–H and O–H groups in total. The van der Waals surface area contributed by atoms with Gasteiger partial charge in [0.2, 0.25) is 0 Å². The molecule has 0 amide bonds. The highest BCUT2D eigenvalue weighted by atomic mass is 127. The Kier molecular flexibility index (Phi) is 12.9. The molecule has 2 aliphatic rings. The van der Waals surface area contributed by atoms with Crippen molar-refractivity contribution in [3.05, 3.63) is 0 Å². The van der Waals surface area contributed by atoms with Crippen molar-refractivity contribution >= 4 is 29.9 Å². The van der Waals surface area contributed by atoms with Crippen LogP contribution < -0.4 is 10.6 Å². The van der Waals surface area contributed by atoms with Crippen molar-refractivity contribution < 1.29 is 4.74 Å². The monoisotopic (exact) mass is 452 g/mol. The van der Waals surface area contributed by atoms with Crippen molar-refractivity contribution in [3.63, 3.8) is 0 Å². The van der Waals surface area contributed by atoms with Gasteiger partial charge >= 0.3 is 0 Å². The Morgan fingerprint density at radius 1 is 1.04 bits per heavy atom. The Morgan fingerprint density at radius 2 is 1.71 bits per heavy atom. The second kappa shape index (κ2) is 14.1. The number of nitrogens with one attached hydrogen (secondary N) is 2. The summed E-state index contributed by atoms with van der Waals surface area (Å²) in [5.41, 5.74) is 0. The first kappa shape index (κ1) is 22.0. The van der Waals surface area contributed by atoms with Gasteiger partial charge in [-0.2, -0.15) is 0 Å².